The third-order valence-corrected chi connectivity index (χ3v) is 6.19. The quantitative estimate of drug-likeness (QED) is 0.218. The van der Waals surface area contributed by atoms with Gasteiger partial charge in [-0.1, -0.05) is 36.4 Å². The molecule has 1 aliphatic heterocycles. The van der Waals surface area contributed by atoms with E-state index in [0.29, 0.717) is 22.4 Å². The topological polar surface area (TPSA) is 97.2 Å². The maximum Gasteiger partial charge on any atom is 1.00 e. The van der Waals surface area contributed by atoms with Crippen LogP contribution in [0.3, 0.4) is 0 Å². The monoisotopic (exact) mass is 548 g/mol. The number of ether oxygens (including phenoxy) is 2. The minimum atomic E-state index is -0.833. The zero-order chi connectivity index (χ0) is 26.9. The van der Waals surface area contributed by atoms with Crippen molar-refractivity contribution in [3.63, 3.8) is 0 Å². The maximum absolute atomic E-state index is 12.7. The van der Waals surface area contributed by atoms with E-state index in [1.807, 2.05) is 78.9 Å². The van der Waals surface area contributed by atoms with Crippen LogP contribution >= 0.6 is 11.8 Å². The number of carboxylic acid groups (broad SMARTS) is 1. The molecule has 0 spiro atoms. The average Bonchev–Trinajstić information content (AvgIpc) is 3.25. The summed E-state index contributed by atoms with van der Waals surface area (Å²) in [4.78, 5) is 26.7. The SMILES string of the molecule is CC(=O)O.COc1cccc(COc2cc3ccccc3cc2/C=C2/SC(=Nc3cc[c-]cc3)NC2=O)c1.[Na+]. The third-order valence-electron chi connectivity index (χ3n) is 5.28. The van der Waals surface area contributed by atoms with Crippen LogP contribution in [-0.4, -0.2) is 29.3 Å². The molecule has 1 saturated heterocycles. The normalized spacial score (nSPS) is 14.3. The molecule has 0 saturated carbocycles. The van der Waals surface area contributed by atoms with E-state index < -0.39 is 5.97 Å². The number of carboxylic acids is 1. The number of thioether (sulfide) groups is 1. The summed E-state index contributed by atoms with van der Waals surface area (Å²) in [5.41, 5.74) is 2.58. The fraction of sp³-hybridized carbons (Fsp3) is 0.100. The number of rotatable bonds is 6. The molecule has 0 aliphatic carbocycles. The van der Waals surface area contributed by atoms with E-state index in [2.05, 4.69) is 16.4 Å². The van der Waals surface area contributed by atoms with E-state index in [1.54, 1.807) is 19.2 Å². The molecular weight excluding hydrogens is 523 g/mol. The van der Waals surface area contributed by atoms with E-state index in [4.69, 9.17) is 19.4 Å². The van der Waals surface area contributed by atoms with Crippen LogP contribution in [0.25, 0.3) is 16.8 Å². The van der Waals surface area contributed by atoms with E-state index in [9.17, 15) is 4.79 Å². The van der Waals surface area contributed by atoms with Crippen LogP contribution in [0.1, 0.15) is 18.1 Å². The second-order valence-electron chi connectivity index (χ2n) is 8.14. The molecule has 7 nitrogen and oxygen atoms in total. The van der Waals surface area contributed by atoms with Gasteiger partial charge in [0.05, 0.1) is 12.0 Å². The number of hydrogen-bond acceptors (Lipinski definition) is 6. The van der Waals surface area contributed by atoms with Crippen molar-refractivity contribution >= 4 is 51.3 Å². The van der Waals surface area contributed by atoms with Crippen molar-refractivity contribution in [2.45, 2.75) is 13.5 Å². The Morgan fingerprint density at radius 3 is 2.44 bits per heavy atom. The molecule has 0 radical (unpaired) electrons. The van der Waals surface area contributed by atoms with Crippen molar-refractivity contribution in [3.05, 3.63) is 107 Å². The molecule has 1 heterocycles. The number of hydrogen-bond donors (Lipinski definition) is 2. The first-order valence-electron chi connectivity index (χ1n) is 11.6. The molecule has 5 rings (SSSR count). The Bertz CT molecular complexity index is 1520. The Balaban J connectivity index is 0.000000788. The summed E-state index contributed by atoms with van der Waals surface area (Å²) in [5, 5.41) is 12.9. The number of nitrogens with zero attached hydrogens (tertiary/aromatic N) is 1. The predicted molar refractivity (Wildman–Crippen MR) is 151 cm³/mol. The zero-order valence-corrected chi connectivity index (χ0v) is 24.6. The van der Waals surface area contributed by atoms with Crippen molar-refractivity contribution < 1.29 is 53.7 Å². The van der Waals surface area contributed by atoms with Gasteiger partial charge < -0.3 is 19.9 Å². The van der Waals surface area contributed by atoms with Gasteiger partial charge in [-0.3, -0.25) is 14.6 Å². The Hall–Kier alpha value is -3.56. The van der Waals surface area contributed by atoms with Crippen molar-refractivity contribution in [1.29, 1.82) is 0 Å². The van der Waals surface area contributed by atoms with Crippen LogP contribution in [0.2, 0.25) is 0 Å². The van der Waals surface area contributed by atoms with Crippen LogP contribution in [0.5, 0.6) is 11.5 Å². The van der Waals surface area contributed by atoms with Crippen LogP contribution in [0.4, 0.5) is 5.69 Å². The van der Waals surface area contributed by atoms with Gasteiger partial charge >= 0.3 is 29.6 Å². The van der Waals surface area contributed by atoms with Gasteiger partial charge in [0.15, 0.2) is 5.17 Å². The first kappa shape index (κ1) is 30.0. The van der Waals surface area contributed by atoms with E-state index in [0.717, 1.165) is 40.3 Å². The van der Waals surface area contributed by atoms with Gasteiger partial charge in [-0.25, -0.2) is 0 Å². The summed E-state index contributed by atoms with van der Waals surface area (Å²) in [6.45, 7) is 1.46. The number of carbonyl (C=O) groups excluding carboxylic acids is 1. The van der Waals surface area contributed by atoms with Gasteiger partial charge in [-0.05, 0) is 64.1 Å². The summed E-state index contributed by atoms with van der Waals surface area (Å²) >= 11 is 1.31. The molecule has 4 aromatic rings. The number of carbonyl (C=O) groups is 2. The molecule has 4 aromatic carbocycles. The number of amidine groups is 1. The number of methoxy groups -OCH3 is 1. The molecule has 39 heavy (non-hydrogen) atoms. The molecule has 9 heteroatoms. The molecule has 1 aliphatic rings. The number of nitrogens with one attached hydrogen (secondary N) is 1. The molecule has 1 amide bonds. The summed E-state index contributed by atoms with van der Waals surface area (Å²) < 4.78 is 11.5. The van der Waals surface area contributed by atoms with Gasteiger partial charge in [-0.2, -0.15) is 18.2 Å². The minimum absolute atomic E-state index is 0. The standard InChI is InChI=1S/C28H21N2O3S.C2H4O2.Na/c1-32-24-13-7-8-19(14-24)18-33-25-16-21-10-6-5-9-20(21)15-22(25)17-26-27(31)30-28(34-26)29-23-11-3-2-4-12-23;1-2(3)4;/h3-17H,18H2,1H3,(H,29,30,31);1H3,(H,3,4);/q-1;;+1/b26-17+;;. The second-order valence-corrected chi connectivity index (χ2v) is 9.17. The molecule has 0 atom stereocenters. The molecule has 0 unspecified atom stereocenters. The van der Waals surface area contributed by atoms with Gasteiger partial charge in [0.1, 0.15) is 18.1 Å². The number of fused-ring (bicyclic) bond motifs is 1. The first-order chi connectivity index (χ1) is 18.4. The second kappa shape index (κ2) is 14.6. The predicted octanol–water partition coefficient (Wildman–Crippen LogP) is 3.21. The Kier molecular flexibility index (Phi) is 11.2. The Labute approximate surface area is 253 Å². The molecule has 192 valence electrons. The largest absolute Gasteiger partial charge is 1.00 e. The van der Waals surface area contributed by atoms with Gasteiger partial charge in [-0.15, -0.1) is 12.1 Å². The number of aliphatic imine (C=N–C) groups is 1. The maximum atomic E-state index is 12.7. The third kappa shape index (κ3) is 8.73. The number of amides is 1. The smallest absolute Gasteiger partial charge is 0.497 e. The summed E-state index contributed by atoms with van der Waals surface area (Å²) in [5.74, 6) is 0.466. The Morgan fingerprint density at radius 1 is 1.05 bits per heavy atom. The van der Waals surface area contributed by atoms with E-state index >= 15 is 0 Å². The summed E-state index contributed by atoms with van der Waals surface area (Å²) in [6.07, 6.45) is 1.86. The van der Waals surface area contributed by atoms with E-state index in [-0.39, 0.29) is 35.5 Å². The minimum Gasteiger partial charge on any atom is -0.497 e. The number of benzene rings is 4. The van der Waals surface area contributed by atoms with Crippen molar-refractivity contribution in [2.75, 3.05) is 7.11 Å². The summed E-state index contributed by atoms with van der Waals surface area (Å²) in [7, 11) is 1.64. The van der Waals surface area contributed by atoms with E-state index in [1.165, 1.54) is 11.8 Å². The molecule has 0 aromatic heterocycles. The van der Waals surface area contributed by atoms with Crippen LogP contribution in [0, 0.1) is 6.07 Å². The molecule has 1 fully saturated rings. The van der Waals surface area contributed by atoms with Gasteiger partial charge in [0.25, 0.3) is 11.9 Å². The van der Waals surface area contributed by atoms with Crippen molar-refractivity contribution in [1.82, 2.24) is 5.32 Å². The fourth-order valence-electron chi connectivity index (χ4n) is 3.59. The fourth-order valence-corrected chi connectivity index (χ4v) is 4.42. The number of aliphatic carboxylic acids is 1. The van der Waals surface area contributed by atoms with Crippen LogP contribution in [-0.2, 0) is 16.2 Å². The van der Waals surface area contributed by atoms with Gasteiger partial charge in [0.2, 0.25) is 0 Å². The molecule has 2 N–H and O–H groups in total. The average molecular weight is 549 g/mol. The molecule has 0 bridgehead atoms. The van der Waals surface area contributed by atoms with Gasteiger partial charge in [0, 0.05) is 12.5 Å². The Morgan fingerprint density at radius 2 is 1.74 bits per heavy atom. The van der Waals surface area contributed by atoms with Crippen LogP contribution < -0.4 is 44.3 Å². The van der Waals surface area contributed by atoms with Crippen LogP contribution in [0.15, 0.2) is 94.8 Å². The van der Waals surface area contributed by atoms with Crippen molar-refractivity contribution in [3.8, 4) is 11.5 Å². The zero-order valence-electron chi connectivity index (χ0n) is 21.8. The summed E-state index contributed by atoms with van der Waals surface area (Å²) in [6, 6.07) is 30.1. The first-order valence-corrected chi connectivity index (χ1v) is 12.5. The van der Waals surface area contributed by atoms with Crippen molar-refractivity contribution in [2.24, 2.45) is 4.99 Å². The molecular formula is C30H25N2NaO5S.